The number of amides is 1. The topological polar surface area (TPSA) is 56.1 Å². The summed E-state index contributed by atoms with van der Waals surface area (Å²) in [6, 6.07) is 17.2. The number of piperazine rings is 1. The largest absolute Gasteiger partial charge is 0.340 e. The van der Waals surface area contributed by atoms with Gasteiger partial charge in [-0.2, -0.15) is 5.26 Å². The predicted octanol–water partition coefficient (Wildman–Crippen LogP) is 2.49. The minimum absolute atomic E-state index is 0.152. The van der Waals surface area contributed by atoms with Crippen LogP contribution in [0.15, 0.2) is 42.5 Å². The van der Waals surface area contributed by atoms with Gasteiger partial charge in [-0.3, -0.25) is 4.79 Å². The van der Waals surface area contributed by atoms with Crippen molar-refractivity contribution in [3.05, 3.63) is 48.0 Å². The maximum Gasteiger partial charge on any atom is 0.236 e. The van der Waals surface area contributed by atoms with Crippen molar-refractivity contribution < 1.29 is 4.79 Å². The summed E-state index contributed by atoms with van der Waals surface area (Å²) in [6.07, 6.45) is 2.20. The fraction of sp³-hybridized carbons (Fsp3) is 0.368. The van der Waals surface area contributed by atoms with Gasteiger partial charge < -0.3 is 10.2 Å². The van der Waals surface area contributed by atoms with E-state index in [1.807, 2.05) is 17.0 Å². The second-order valence-corrected chi connectivity index (χ2v) is 6.05. The Kier molecular flexibility index (Phi) is 4.89. The van der Waals surface area contributed by atoms with Crippen molar-refractivity contribution in [3.8, 4) is 6.07 Å². The molecule has 0 radical (unpaired) electrons. The Morgan fingerprint density at radius 1 is 1.22 bits per heavy atom. The molecule has 0 spiro atoms. The maximum absolute atomic E-state index is 12.0. The lowest BCUT2D eigenvalue weighted by Crippen LogP contribution is -2.54. The van der Waals surface area contributed by atoms with Crippen molar-refractivity contribution in [2.24, 2.45) is 0 Å². The number of carbonyl (C=O) groups is 1. The van der Waals surface area contributed by atoms with Gasteiger partial charge >= 0.3 is 0 Å². The molecule has 3 rings (SSSR count). The summed E-state index contributed by atoms with van der Waals surface area (Å²) in [6.45, 7) is 1.82. The van der Waals surface area contributed by atoms with Crippen LogP contribution in [0.5, 0.6) is 0 Å². The summed E-state index contributed by atoms with van der Waals surface area (Å²) >= 11 is 0. The molecule has 0 aliphatic carbocycles. The van der Waals surface area contributed by atoms with Gasteiger partial charge in [-0.15, -0.1) is 0 Å². The minimum atomic E-state index is 0.152. The zero-order valence-electron chi connectivity index (χ0n) is 13.2. The average molecular weight is 307 g/mol. The van der Waals surface area contributed by atoms with E-state index in [9.17, 15) is 4.79 Å². The number of nitrogens with one attached hydrogen (secondary N) is 1. The second kappa shape index (κ2) is 7.26. The Balaban J connectivity index is 1.61. The van der Waals surface area contributed by atoms with Crippen molar-refractivity contribution >= 4 is 16.7 Å². The number of nitrogens with zero attached hydrogens (tertiary/aromatic N) is 2. The second-order valence-electron chi connectivity index (χ2n) is 6.05. The van der Waals surface area contributed by atoms with Gasteiger partial charge in [0.2, 0.25) is 5.91 Å². The molecule has 1 heterocycles. The first-order chi connectivity index (χ1) is 11.3. The first-order valence-corrected chi connectivity index (χ1v) is 8.12. The number of carbonyl (C=O) groups excluding carboxylic acids is 1. The van der Waals surface area contributed by atoms with Crippen LogP contribution in [0.4, 0.5) is 0 Å². The Morgan fingerprint density at radius 3 is 2.87 bits per heavy atom. The summed E-state index contributed by atoms with van der Waals surface area (Å²) in [7, 11) is 0. The number of fused-ring (bicyclic) bond motifs is 1. The summed E-state index contributed by atoms with van der Waals surface area (Å²) in [5, 5.41) is 14.4. The zero-order chi connectivity index (χ0) is 16.1. The highest BCUT2D eigenvalue weighted by atomic mass is 16.2. The van der Waals surface area contributed by atoms with E-state index in [0.717, 1.165) is 19.4 Å². The van der Waals surface area contributed by atoms with Crippen LogP contribution in [0.1, 0.15) is 18.4 Å². The smallest absolute Gasteiger partial charge is 0.236 e. The first-order valence-electron chi connectivity index (χ1n) is 8.12. The molecule has 1 aliphatic heterocycles. The molecule has 0 bridgehead atoms. The van der Waals surface area contributed by atoms with Crippen LogP contribution in [0, 0.1) is 11.3 Å². The van der Waals surface area contributed by atoms with E-state index in [1.165, 1.54) is 16.3 Å². The zero-order valence-corrected chi connectivity index (χ0v) is 13.2. The van der Waals surface area contributed by atoms with Crippen LogP contribution < -0.4 is 5.32 Å². The number of rotatable bonds is 5. The van der Waals surface area contributed by atoms with E-state index >= 15 is 0 Å². The lowest BCUT2D eigenvalue weighted by Gasteiger charge is -2.33. The van der Waals surface area contributed by atoms with Gasteiger partial charge in [0.05, 0.1) is 12.6 Å². The molecular weight excluding hydrogens is 286 g/mol. The summed E-state index contributed by atoms with van der Waals surface area (Å²) in [4.78, 5) is 14.0. The molecule has 1 unspecified atom stereocenters. The first kappa shape index (κ1) is 15.5. The lowest BCUT2D eigenvalue weighted by molar-refractivity contribution is -0.133. The maximum atomic E-state index is 12.0. The third-order valence-electron chi connectivity index (χ3n) is 4.42. The molecule has 1 saturated heterocycles. The van der Waals surface area contributed by atoms with Crippen LogP contribution in [0.25, 0.3) is 10.8 Å². The van der Waals surface area contributed by atoms with Crippen molar-refractivity contribution in [1.29, 1.82) is 5.26 Å². The van der Waals surface area contributed by atoms with Gasteiger partial charge in [0.15, 0.2) is 0 Å². The van der Waals surface area contributed by atoms with Crippen LogP contribution in [-0.2, 0) is 11.2 Å². The molecule has 23 heavy (non-hydrogen) atoms. The van der Waals surface area contributed by atoms with Gasteiger partial charge in [-0.1, -0.05) is 42.5 Å². The van der Waals surface area contributed by atoms with Gasteiger partial charge in [-0.05, 0) is 29.2 Å². The quantitative estimate of drug-likeness (QED) is 0.923. The minimum Gasteiger partial charge on any atom is -0.340 e. The molecule has 1 atom stereocenters. The summed E-state index contributed by atoms with van der Waals surface area (Å²) in [5.41, 5.74) is 1.25. The van der Waals surface area contributed by atoms with Crippen molar-refractivity contribution in [3.63, 3.8) is 0 Å². The number of benzene rings is 2. The van der Waals surface area contributed by atoms with E-state index in [4.69, 9.17) is 5.26 Å². The van der Waals surface area contributed by atoms with Gasteiger partial charge in [0, 0.05) is 25.6 Å². The van der Waals surface area contributed by atoms with E-state index in [0.29, 0.717) is 19.5 Å². The third kappa shape index (κ3) is 3.88. The number of hydrogen-bond donors (Lipinski definition) is 1. The Bertz CT molecular complexity index is 735. The molecule has 1 amide bonds. The van der Waals surface area contributed by atoms with E-state index < -0.39 is 0 Å². The molecule has 1 aliphatic rings. The Labute approximate surface area is 136 Å². The molecule has 4 nitrogen and oxygen atoms in total. The van der Waals surface area contributed by atoms with Crippen molar-refractivity contribution in [2.45, 2.75) is 25.3 Å². The van der Waals surface area contributed by atoms with Crippen molar-refractivity contribution in [1.82, 2.24) is 10.2 Å². The van der Waals surface area contributed by atoms with Gasteiger partial charge in [0.25, 0.3) is 0 Å². The highest BCUT2D eigenvalue weighted by Gasteiger charge is 2.24. The number of nitriles is 1. The van der Waals surface area contributed by atoms with E-state index in [1.54, 1.807) is 0 Å². The highest BCUT2D eigenvalue weighted by molar-refractivity contribution is 5.83. The standard InChI is InChI=1S/C19H21N3O/c20-10-3-6-18-14-22(19(23)13-21-18)11-9-15-7-8-16-4-1-2-5-17(16)12-15/h1-2,4-5,7-8,12,18,21H,3,6,9,11,13-14H2. The Hall–Kier alpha value is -2.38. The Morgan fingerprint density at radius 2 is 2.04 bits per heavy atom. The fourth-order valence-corrected chi connectivity index (χ4v) is 3.08. The number of hydrogen-bond acceptors (Lipinski definition) is 3. The summed E-state index contributed by atoms with van der Waals surface area (Å²) in [5.74, 6) is 0.152. The lowest BCUT2D eigenvalue weighted by atomic mass is 10.0. The normalized spacial score (nSPS) is 18.1. The van der Waals surface area contributed by atoms with E-state index in [2.05, 4.69) is 41.7 Å². The molecule has 1 fully saturated rings. The van der Waals surface area contributed by atoms with Crippen molar-refractivity contribution in [2.75, 3.05) is 19.6 Å². The third-order valence-corrected chi connectivity index (χ3v) is 4.42. The summed E-state index contributed by atoms with van der Waals surface area (Å²) < 4.78 is 0. The van der Waals surface area contributed by atoms with Crippen LogP contribution in [0.3, 0.4) is 0 Å². The molecule has 4 heteroatoms. The molecule has 1 N–H and O–H groups in total. The predicted molar refractivity (Wildman–Crippen MR) is 90.9 cm³/mol. The SMILES string of the molecule is N#CCCC1CN(CCc2ccc3ccccc3c2)C(=O)CN1. The van der Waals surface area contributed by atoms with E-state index in [-0.39, 0.29) is 11.9 Å². The molecular formula is C19H21N3O. The fourth-order valence-electron chi connectivity index (χ4n) is 3.08. The molecule has 0 aromatic heterocycles. The average Bonchev–Trinajstić information content (AvgIpc) is 2.59. The van der Waals surface area contributed by atoms with Crippen LogP contribution in [0.2, 0.25) is 0 Å². The van der Waals surface area contributed by atoms with Crippen LogP contribution in [-0.4, -0.2) is 36.5 Å². The van der Waals surface area contributed by atoms with Crippen LogP contribution >= 0.6 is 0 Å². The molecule has 2 aromatic rings. The van der Waals surface area contributed by atoms with Gasteiger partial charge in [-0.25, -0.2) is 0 Å². The van der Waals surface area contributed by atoms with Gasteiger partial charge in [0.1, 0.15) is 0 Å². The molecule has 0 saturated carbocycles. The molecule has 2 aromatic carbocycles. The monoisotopic (exact) mass is 307 g/mol. The molecule has 118 valence electrons. The highest BCUT2D eigenvalue weighted by Crippen LogP contribution is 2.16.